The van der Waals surface area contributed by atoms with Crippen LogP contribution in [-0.4, -0.2) is 70.3 Å². The van der Waals surface area contributed by atoms with Crippen LogP contribution in [-0.2, 0) is 30.0 Å². The zero-order valence-electron chi connectivity index (χ0n) is 24.7. The zero-order valence-corrected chi connectivity index (χ0v) is 25.5. The van der Waals surface area contributed by atoms with Crippen molar-refractivity contribution in [2.75, 3.05) is 31.1 Å². The number of rotatable bonds is 8. The first-order valence-corrected chi connectivity index (χ1v) is 16.3. The highest BCUT2D eigenvalue weighted by molar-refractivity contribution is 7.89. The summed E-state index contributed by atoms with van der Waals surface area (Å²) in [5.74, 6) is 0.0793. The van der Waals surface area contributed by atoms with Crippen molar-refractivity contribution in [1.82, 2.24) is 23.7 Å². The van der Waals surface area contributed by atoms with E-state index in [1.165, 1.54) is 6.20 Å². The summed E-state index contributed by atoms with van der Waals surface area (Å²) in [5, 5.41) is 9.65. The fourth-order valence-electron chi connectivity index (χ4n) is 6.27. The second kappa shape index (κ2) is 12.6. The van der Waals surface area contributed by atoms with Crippen LogP contribution < -0.4 is 4.90 Å². The van der Waals surface area contributed by atoms with Crippen molar-refractivity contribution < 1.29 is 13.2 Å². The number of nitriles is 1. The topological polar surface area (TPSA) is 115 Å². The van der Waals surface area contributed by atoms with Gasteiger partial charge in [0.05, 0.1) is 30.2 Å². The number of likely N-dealkylation sites (tertiary alicyclic amines) is 1. The lowest BCUT2D eigenvalue weighted by Gasteiger charge is -2.42. The predicted octanol–water partition coefficient (Wildman–Crippen LogP) is 3.86. The first-order chi connectivity index (χ1) is 21.3. The molecule has 1 unspecified atom stereocenters. The van der Waals surface area contributed by atoms with Crippen LogP contribution >= 0.6 is 0 Å². The lowest BCUT2D eigenvalue weighted by molar-refractivity contribution is 0.0676. The molecule has 0 spiro atoms. The Balaban J connectivity index is 1.29. The minimum Gasteiger partial charge on any atom is -0.364 e. The van der Waals surface area contributed by atoms with E-state index in [1.807, 2.05) is 71.2 Å². The molecule has 2 aliphatic heterocycles. The smallest absolute Gasteiger partial charge is 0.260 e. The Kier molecular flexibility index (Phi) is 8.46. The van der Waals surface area contributed by atoms with Crippen molar-refractivity contribution in [2.24, 2.45) is 13.0 Å². The third kappa shape index (κ3) is 6.09. The van der Waals surface area contributed by atoms with Crippen molar-refractivity contribution in [3.63, 3.8) is 0 Å². The second-order valence-corrected chi connectivity index (χ2v) is 13.4. The number of hydrogen-bond acceptors (Lipinski definition) is 7. The number of carbonyl (C=O) groups is 1. The van der Waals surface area contributed by atoms with E-state index in [4.69, 9.17) is 0 Å². The highest BCUT2D eigenvalue weighted by Crippen LogP contribution is 2.34. The standard InChI is InChI=1S/C33H35N7O3S/c1-37-24-35-20-30(37)23-39-22-29(18-28-17-26(19-34)10-11-31(28)39)40(44(42,43)32-9-5-6-14-36-32)21-25-12-15-38(16-13-25)33(41)27-7-3-2-4-8-27/h2-11,14,17,20,24-25,29H,12-13,15-16,18,21-23H2,1H3. The molecule has 10 nitrogen and oxygen atoms in total. The van der Waals surface area contributed by atoms with Crippen molar-refractivity contribution >= 4 is 21.6 Å². The van der Waals surface area contributed by atoms with E-state index in [-0.39, 0.29) is 22.9 Å². The van der Waals surface area contributed by atoms with E-state index in [2.05, 4.69) is 20.9 Å². The number of amides is 1. The average molecular weight is 610 g/mol. The Morgan fingerprint density at radius 1 is 1.07 bits per heavy atom. The molecule has 1 amide bonds. The van der Waals surface area contributed by atoms with Crippen LogP contribution in [0.25, 0.3) is 0 Å². The molecule has 1 fully saturated rings. The first kappa shape index (κ1) is 29.5. The third-order valence-corrected chi connectivity index (χ3v) is 10.5. The third-order valence-electron chi connectivity index (χ3n) is 8.68. The summed E-state index contributed by atoms with van der Waals surface area (Å²) in [6.45, 7) is 2.48. The lowest BCUT2D eigenvalue weighted by atomic mass is 9.93. The van der Waals surface area contributed by atoms with Gasteiger partial charge in [-0.3, -0.25) is 4.79 Å². The Labute approximate surface area is 258 Å². The summed E-state index contributed by atoms with van der Waals surface area (Å²) in [4.78, 5) is 25.6. The van der Waals surface area contributed by atoms with Crippen LogP contribution in [0.4, 0.5) is 5.69 Å². The summed E-state index contributed by atoms with van der Waals surface area (Å²) in [6.07, 6.45) is 6.96. The van der Waals surface area contributed by atoms with Gasteiger partial charge in [0.25, 0.3) is 15.9 Å². The maximum absolute atomic E-state index is 14.3. The summed E-state index contributed by atoms with van der Waals surface area (Å²) in [5.41, 5.74) is 4.13. The second-order valence-electron chi connectivity index (χ2n) is 11.5. The van der Waals surface area contributed by atoms with Crippen LogP contribution in [0.1, 0.15) is 40.0 Å². The Hall–Kier alpha value is -4.53. The number of nitrogens with zero attached hydrogens (tertiary/aromatic N) is 7. The van der Waals surface area contributed by atoms with Gasteiger partial charge in [0.2, 0.25) is 0 Å². The van der Waals surface area contributed by atoms with Crippen LogP contribution in [0.5, 0.6) is 0 Å². The van der Waals surface area contributed by atoms with Crippen LogP contribution in [0.15, 0.2) is 90.5 Å². The number of aryl methyl sites for hydroxylation is 1. The van der Waals surface area contributed by atoms with Gasteiger partial charge in [0, 0.05) is 62.9 Å². The number of sulfonamides is 1. The molecule has 0 N–H and O–H groups in total. The van der Waals surface area contributed by atoms with E-state index in [1.54, 1.807) is 28.8 Å². The number of aromatic nitrogens is 3. The normalized spacial score (nSPS) is 17.3. The highest BCUT2D eigenvalue weighted by Gasteiger charge is 2.39. The minimum absolute atomic E-state index is 0.00463. The van der Waals surface area contributed by atoms with Gasteiger partial charge in [0.15, 0.2) is 5.03 Å². The van der Waals surface area contributed by atoms with Crippen LogP contribution in [0.3, 0.4) is 0 Å². The van der Waals surface area contributed by atoms with Gasteiger partial charge >= 0.3 is 0 Å². The fraction of sp³-hybridized carbons (Fsp3) is 0.333. The van der Waals surface area contributed by atoms with Crippen LogP contribution in [0.2, 0.25) is 0 Å². The molecule has 11 heteroatoms. The van der Waals surface area contributed by atoms with Gasteiger partial charge in [-0.15, -0.1) is 0 Å². The molecule has 2 aromatic heterocycles. The minimum atomic E-state index is -3.95. The zero-order chi connectivity index (χ0) is 30.7. The first-order valence-electron chi connectivity index (χ1n) is 14.8. The highest BCUT2D eigenvalue weighted by atomic mass is 32.2. The molecular weight excluding hydrogens is 574 g/mol. The van der Waals surface area contributed by atoms with E-state index < -0.39 is 10.0 Å². The SMILES string of the molecule is Cn1cncc1CN1CC(N(CC2CCN(C(=O)c3ccccc3)CC2)S(=O)(=O)c2ccccn2)Cc2cc(C#N)ccc21. The summed E-state index contributed by atoms with van der Waals surface area (Å²) >= 11 is 0. The van der Waals surface area contributed by atoms with Crippen LogP contribution in [0, 0.1) is 17.2 Å². The Morgan fingerprint density at radius 3 is 2.52 bits per heavy atom. The number of anilines is 1. The number of pyridine rings is 1. The van der Waals surface area contributed by atoms with Gasteiger partial charge in [0.1, 0.15) is 0 Å². The number of carbonyl (C=O) groups excluding carboxylic acids is 1. The van der Waals surface area contributed by atoms with E-state index in [0.717, 1.165) is 16.9 Å². The summed E-state index contributed by atoms with van der Waals surface area (Å²) in [6, 6.07) is 21.7. The molecule has 44 heavy (non-hydrogen) atoms. The number of piperidine rings is 1. The van der Waals surface area contributed by atoms with Gasteiger partial charge in [-0.2, -0.15) is 9.57 Å². The molecule has 2 aromatic carbocycles. The number of benzene rings is 2. The molecule has 0 saturated carbocycles. The van der Waals surface area contributed by atoms with Gasteiger partial charge in [-0.25, -0.2) is 18.4 Å². The van der Waals surface area contributed by atoms with E-state index >= 15 is 0 Å². The number of imidazole rings is 1. The lowest BCUT2D eigenvalue weighted by Crippen LogP contribution is -2.53. The van der Waals surface area contributed by atoms with E-state index in [0.29, 0.717) is 63.1 Å². The maximum atomic E-state index is 14.3. The molecule has 4 heterocycles. The van der Waals surface area contributed by atoms with Crippen molar-refractivity contribution in [1.29, 1.82) is 5.26 Å². The summed E-state index contributed by atoms with van der Waals surface area (Å²) in [7, 11) is -2.01. The molecule has 0 radical (unpaired) electrons. The fourth-order valence-corrected chi connectivity index (χ4v) is 7.90. The molecule has 4 aromatic rings. The molecule has 1 atom stereocenters. The average Bonchev–Trinajstić information content (AvgIpc) is 3.47. The van der Waals surface area contributed by atoms with Gasteiger partial charge in [-0.1, -0.05) is 24.3 Å². The van der Waals surface area contributed by atoms with Gasteiger partial charge < -0.3 is 14.4 Å². The molecule has 6 rings (SSSR count). The monoisotopic (exact) mass is 609 g/mol. The molecular formula is C33H35N7O3S. The molecule has 2 aliphatic rings. The Bertz CT molecular complexity index is 1760. The van der Waals surface area contributed by atoms with Crippen molar-refractivity contribution in [3.05, 3.63) is 108 Å². The van der Waals surface area contributed by atoms with E-state index in [9.17, 15) is 18.5 Å². The maximum Gasteiger partial charge on any atom is 0.260 e. The molecule has 1 saturated heterocycles. The number of fused-ring (bicyclic) bond motifs is 1. The summed E-state index contributed by atoms with van der Waals surface area (Å²) < 4.78 is 32.2. The van der Waals surface area contributed by atoms with Gasteiger partial charge in [-0.05, 0) is 73.2 Å². The quantitative estimate of drug-likeness (QED) is 0.298. The molecule has 226 valence electrons. The Morgan fingerprint density at radius 2 is 1.84 bits per heavy atom. The van der Waals surface area contributed by atoms with Crippen molar-refractivity contribution in [3.8, 4) is 6.07 Å². The molecule has 0 bridgehead atoms. The number of hydrogen-bond donors (Lipinski definition) is 0. The predicted molar refractivity (Wildman–Crippen MR) is 166 cm³/mol. The van der Waals surface area contributed by atoms with Crippen molar-refractivity contribution in [2.45, 2.75) is 36.9 Å². The largest absolute Gasteiger partial charge is 0.364 e. The molecule has 0 aliphatic carbocycles.